The van der Waals surface area contributed by atoms with Gasteiger partial charge in [0.2, 0.25) is 0 Å². The summed E-state index contributed by atoms with van der Waals surface area (Å²) in [5.41, 5.74) is 3.79. The Morgan fingerprint density at radius 2 is 1.76 bits per heavy atom. The number of Topliss-reactive ketones (excluding diaryl/α,β-unsaturated/α-hetero) is 1. The van der Waals surface area contributed by atoms with E-state index in [1.165, 1.54) is 10.7 Å². The first-order valence-electron chi connectivity index (χ1n) is 9.59. The Morgan fingerprint density at radius 3 is 2.59 bits per heavy atom. The molecule has 1 atom stereocenters. The van der Waals surface area contributed by atoms with Crippen molar-refractivity contribution in [3.05, 3.63) is 77.2 Å². The number of rotatable bonds is 3. The molecule has 29 heavy (non-hydrogen) atoms. The van der Waals surface area contributed by atoms with Gasteiger partial charge in [0.05, 0.1) is 16.8 Å². The number of pyridine rings is 1. The van der Waals surface area contributed by atoms with Crippen LogP contribution in [0.25, 0.3) is 28.0 Å². The average Bonchev–Trinajstić information content (AvgIpc) is 3.15. The van der Waals surface area contributed by atoms with Crippen LogP contribution in [-0.2, 0) is 4.79 Å². The molecule has 5 rings (SSSR count). The van der Waals surface area contributed by atoms with Gasteiger partial charge in [0.1, 0.15) is 11.7 Å². The van der Waals surface area contributed by atoms with Crippen molar-refractivity contribution in [3.8, 4) is 22.5 Å². The number of ketones is 1. The molecule has 144 valence electrons. The molecule has 3 aromatic heterocycles. The minimum atomic E-state index is -0.585. The number of carbonyl (C=O) groups excluding carboxylic acids is 1. The average molecular weight is 385 g/mol. The topological polar surface area (TPSA) is 81.3 Å². The molecular formula is C22H19N5O2. The van der Waals surface area contributed by atoms with Gasteiger partial charge >= 0.3 is 0 Å². The Kier molecular flexibility index (Phi) is 4.29. The van der Waals surface area contributed by atoms with Gasteiger partial charge in [-0.2, -0.15) is 10.2 Å². The van der Waals surface area contributed by atoms with Gasteiger partial charge in [-0.15, -0.1) is 0 Å². The summed E-state index contributed by atoms with van der Waals surface area (Å²) in [6.45, 7) is 1.05. The zero-order chi connectivity index (χ0) is 19.8. The van der Waals surface area contributed by atoms with Crippen molar-refractivity contribution >= 4 is 11.3 Å². The number of aromatic nitrogens is 4. The van der Waals surface area contributed by atoms with Gasteiger partial charge in [0.25, 0.3) is 5.56 Å². The third-order valence-corrected chi connectivity index (χ3v) is 5.22. The van der Waals surface area contributed by atoms with E-state index in [1.807, 2.05) is 59.2 Å². The zero-order valence-corrected chi connectivity index (χ0v) is 15.7. The van der Waals surface area contributed by atoms with E-state index in [2.05, 4.69) is 10.4 Å². The molecule has 1 aliphatic heterocycles. The fourth-order valence-electron chi connectivity index (χ4n) is 3.78. The number of benzene rings is 1. The molecule has 0 bridgehead atoms. The normalized spacial score (nSPS) is 17.0. The van der Waals surface area contributed by atoms with E-state index < -0.39 is 6.04 Å². The fourth-order valence-corrected chi connectivity index (χ4v) is 3.78. The third kappa shape index (κ3) is 3.05. The molecule has 1 fully saturated rings. The number of hydrogen-bond acceptors (Lipinski definition) is 5. The Balaban J connectivity index is 1.73. The van der Waals surface area contributed by atoms with Crippen molar-refractivity contribution in [1.82, 2.24) is 24.7 Å². The maximum absolute atomic E-state index is 12.5. The molecule has 4 heterocycles. The van der Waals surface area contributed by atoms with Crippen molar-refractivity contribution < 1.29 is 4.79 Å². The monoisotopic (exact) mass is 385 g/mol. The smallest absolute Gasteiger partial charge is 0.267 e. The van der Waals surface area contributed by atoms with Gasteiger partial charge in [-0.3, -0.25) is 9.59 Å². The zero-order valence-electron chi connectivity index (χ0n) is 15.7. The standard InChI is InChI=1S/C22H19N5O2/c28-19-11-12-23-14-18(19)27-20(29)10-9-16(24-27)21-17-8-4-5-13-26(17)25-22(21)15-6-2-1-3-7-15/h1-10,13,18,23H,11-12,14H2. The summed E-state index contributed by atoms with van der Waals surface area (Å²) in [7, 11) is 0. The molecule has 7 nitrogen and oxygen atoms in total. The minimum Gasteiger partial charge on any atom is -0.314 e. The molecule has 1 unspecified atom stereocenters. The summed E-state index contributed by atoms with van der Waals surface area (Å²) in [5.74, 6) is 0.0265. The molecule has 0 amide bonds. The van der Waals surface area contributed by atoms with Crippen LogP contribution in [0.5, 0.6) is 0 Å². The highest BCUT2D eigenvalue weighted by Gasteiger charge is 2.26. The van der Waals surface area contributed by atoms with Crippen LogP contribution in [0, 0.1) is 0 Å². The highest BCUT2D eigenvalue weighted by Crippen LogP contribution is 2.33. The van der Waals surface area contributed by atoms with E-state index in [0.717, 1.165) is 22.3 Å². The van der Waals surface area contributed by atoms with Crippen LogP contribution >= 0.6 is 0 Å². The molecule has 1 aromatic carbocycles. The van der Waals surface area contributed by atoms with E-state index in [-0.39, 0.29) is 11.3 Å². The van der Waals surface area contributed by atoms with Gasteiger partial charge in [0, 0.05) is 37.3 Å². The lowest BCUT2D eigenvalue weighted by Crippen LogP contribution is -2.43. The molecule has 1 N–H and O–H groups in total. The SMILES string of the molecule is O=C1CCNCC1n1nc(-c2c(-c3ccccc3)nn3ccccc23)ccc1=O. The van der Waals surface area contributed by atoms with Gasteiger partial charge < -0.3 is 5.32 Å². The largest absolute Gasteiger partial charge is 0.314 e. The molecule has 1 saturated heterocycles. The van der Waals surface area contributed by atoms with Gasteiger partial charge in [-0.1, -0.05) is 36.4 Å². The number of nitrogens with zero attached hydrogens (tertiary/aromatic N) is 4. The van der Waals surface area contributed by atoms with Crippen molar-refractivity contribution in [3.63, 3.8) is 0 Å². The van der Waals surface area contributed by atoms with E-state index >= 15 is 0 Å². The van der Waals surface area contributed by atoms with Gasteiger partial charge in [-0.05, 0) is 18.2 Å². The van der Waals surface area contributed by atoms with E-state index in [4.69, 9.17) is 5.10 Å². The van der Waals surface area contributed by atoms with E-state index in [0.29, 0.717) is 25.2 Å². The second kappa shape index (κ2) is 7.10. The molecule has 0 spiro atoms. The van der Waals surface area contributed by atoms with Crippen molar-refractivity contribution in [2.75, 3.05) is 13.1 Å². The number of carbonyl (C=O) groups is 1. The van der Waals surface area contributed by atoms with Gasteiger partial charge in [-0.25, -0.2) is 9.20 Å². The summed E-state index contributed by atoms with van der Waals surface area (Å²) >= 11 is 0. The lowest BCUT2D eigenvalue weighted by atomic mass is 10.0. The Morgan fingerprint density at radius 1 is 0.931 bits per heavy atom. The second-order valence-corrected chi connectivity index (χ2v) is 7.06. The van der Waals surface area contributed by atoms with Crippen molar-refractivity contribution in [2.45, 2.75) is 12.5 Å². The van der Waals surface area contributed by atoms with Crippen LogP contribution < -0.4 is 10.9 Å². The molecule has 1 aliphatic rings. The van der Waals surface area contributed by atoms with Crippen LogP contribution in [0.15, 0.2) is 71.7 Å². The van der Waals surface area contributed by atoms with Crippen LogP contribution in [0.1, 0.15) is 12.5 Å². The van der Waals surface area contributed by atoms with Gasteiger partial charge in [0.15, 0.2) is 5.78 Å². The number of piperidine rings is 1. The molecule has 7 heteroatoms. The first kappa shape index (κ1) is 17.5. The fraction of sp³-hybridized carbons (Fsp3) is 0.182. The maximum Gasteiger partial charge on any atom is 0.267 e. The maximum atomic E-state index is 12.5. The third-order valence-electron chi connectivity index (χ3n) is 5.22. The number of hydrogen-bond donors (Lipinski definition) is 1. The lowest BCUT2D eigenvalue weighted by Gasteiger charge is -2.22. The molecule has 4 aromatic rings. The van der Waals surface area contributed by atoms with E-state index in [9.17, 15) is 9.59 Å². The van der Waals surface area contributed by atoms with Crippen molar-refractivity contribution in [2.24, 2.45) is 0 Å². The quantitative estimate of drug-likeness (QED) is 0.585. The summed E-state index contributed by atoms with van der Waals surface area (Å²) in [6, 6.07) is 18.3. The van der Waals surface area contributed by atoms with Crippen LogP contribution in [0.2, 0.25) is 0 Å². The highest BCUT2D eigenvalue weighted by molar-refractivity contribution is 5.90. The number of nitrogens with one attached hydrogen (secondary N) is 1. The molecule has 0 saturated carbocycles. The molecule has 0 radical (unpaired) electrons. The summed E-state index contributed by atoms with van der Waals surface area (Å²) in [4.78, 5) is 24.9. The highest BCUT2D eigenvalue weighted by atomic mass is 16.1. The van der Waals surface area contributed by atoms with Crippen LogP contribution in [0.4, 0.5) is 0 Å². The van der Waals surface area contributed by atoms with Crippen LogP contribution in [0.3, 0.4) is 0 Å². The number of fused-ring (bicyclic) bond motifs is 1. The predicted octanol–water partition coefficient (Wildman–Crippen LogP) is 2.33. The van der Waals surface area contributed by atoms with Crippen molar-refractivity contribution in [1.29, 1.82) is 0 Å². The van der Waals surface area contributed by atoms with E-state index in [1.54, 1.807) is 6.07 Å². The first-order chi connectivity index (χ1) is 14.2. The Hall–Kier alpha value is -3.58. The Bertz CT molecular complexity index is 1260. The second-order valence-electron chi connectivity index (χ2n) is 7.06. The lowest BCUT2D eigenvalue weighted by molar-refractivity contribution is -0.123. The Labute approximate surface area is 166 Å². The molecular weight excluding hydrogens is 366 g/mol. The summed E-state index contributed by atoms with van der Waals surface area (Å²) in [5, 5.41) is 12.5. The minimum absolute atomic E-state index is 0.0265. The summed E-state index contributed by atoms with van der Waals surface area (Å²) < 4.78 is 3.12. The first-order valence-corrected chi connectivity index (χ1v) is 9.59. The molecule has 0 aliphatic carbocycles. The summed E-state index contributed by atoms with van der Waals surface area (Å²) in [6.07, 6.45) is 2.28. The predicted molar refractivity (Wildman–Crippen MR) is 110 cm³/mol. The van der Waals surface area contributed by atoms with Crippen LogP contribution in [-0.4, -0.2) is 38.3 Å².